The number of esters is 1. The Balaban J connectivity index is 2.26. The molecule has 0 aliphatic heterocycles. The third kappa shape index (κ3) is 2.93. The van der Waals surface area contributed by atoms with Crippen molar-refractivity contribution in [2.24, 2.45) is 0 Å². The van der Waals surface area contributed by atoms with Crippen LogP contribution in [0.2, 0.25) is 0 Å². The zero-order valence-corrected chi connectivity index (χ0v) is 11.1. The molecule has 0 saturated heterocycles. The SMILES string of the molecule is CCOC(=O)c1nccn1Cc1cc(C)ccc1N. The normalized spacial score (nSPS) is 10.4. The molecule has 1 aromatic carbocycles. The Hall–Kier alpha value is -2.30. The van der Waals surface area contributed by atoms with Gasteiger partial charge >= 0.3 is 5.97 Å². The van der Waals surface area contributed by atoms with Crippen molar-refractivity contribution < 1.29 is 9.53 Å². The number of anilines is 1. The largest absolute Gasteiger partial charge is 0.460 e. The van der Waals surface area contributed by atoms with E-state index in [1.807, 2.05) is 25.1 Å². The summed E-state index contributed by atoms with van der Waals surface area (Å²) in [5, 5.41) is 0. The molecule has 1 aromatic heterocycles. The van der Waals surface area contributed by atoms with Crippen LogP contribution in [0.1, 0.15) is 28.7 Å². The predicted octanol–water partition coefficient (Wildman–Crippen LogP) is 2.00. The number of aromatic nitrogens is 2. The first-order valence-electron chi connectivity index (χ1n) is 6.15. The van der Waals surface area contributed by atoms with Crippen LogP contribution in [-0.2, 0) is 11.3 Å². The summed E-state index contributed by atoms with van der Waals surface area (Å²) in [5.41, 5.74) is 8.73. The number of carbonyl (C=O) groups excluding carboxylic acids is 1. The van der Waals surface area contributed by atoms with Crippen LogP contribution in [0, 0.1) is 6.92 Å². The number of nitrogens with zero attached hydrogens (tertiary/aromatic N) is 2. The van der Waals surface area contributed by atoms with E-state index in [-0.39, 0.29) is 0 Å². The fourth-order valence-electron chi connectivity index (χ4n) is 1.88. The average Bonchev–Trinajstić information content (AvgIpc) is 2.82. The Labute approximate surface area is 112 Å². The molecule has 0 bridgehead atoms. The zero-order valence-electron chi connectivity index (χ0n) is 11.1. The van der Waals surface area contributed by atoms with Gasteiger partial charge in [-0.1, -0.05) is 17.7 Å². The maximum atomic E-state index is 11.7. The van der Waals surface area contributed by atoms with E-state index in [2.05, 4.69) is 4.98 Å². The zero-order chi connectivity index (χ0) is 13.8. The van der Waals surface area contributed by atoms with Gasteiger partial charge in [0.1, 0.15) is 0 Å². The molecule has 0 radical (unpaired) electrons. The molecule has 100 valence electrons. The number of hydrogen-bond acceptors (Lipinski definition) is 4. The van der Waals surface area contributed by atoms with Crippen LogP contribution in [0.5, 0.6) is 0 Å². The molecule has 5 nitrogen and oxygen atoms in total. The highest BCUT2D eigenvalue weighted by Crippen LogP contribution is 2.16. The van der Waals surface area contributed by atoms with Gasteiger partial charge < -0.3 is 15.0 Å². The molecule has 0 saturated carbocycles. The smallest absolute Gasteiger partial charge is 0.374 e. The summed E-state index contributed by atoms with van der Waals surface area (Å²) in [5.74, 6) is -0.124. The van der Waals surface area contributed by atoms with Gasteiger partial charge in [0.25, 0.3) is 0 Å². The summed E-state index contributed by atoms with van der Waals surface area (Å²) >= 11 is 0. The molecule has 0 amide bonds. The van der Waals surface area contributed by atoms with Gasteiger partial charge in [-0.05, 0) is 25.5 Å². The van der Waals surface area contributed by atoms with Crippen molar-refractivity contribution in [1.29, 1.82) is 0 Å². The molecule has 1 heterocycles. The predicted molar refractivity (Wildman–Crippen MR) is 72.9 cm³/mol. The maximum Gasteiger partial charge on any atom is 0.374 e. The van der Waals surface area contributed by atoms with Crippen LogP contribution in [-0.4, -0.2) is 22.1 Å². The van der Waals surface area contributed by atoms with Crippen LogP contribution < -0.4 is 5.73 Å². The van der Waals surface area contributed by atoms with E-state index >= 15 is 0 Å². The lowest BCUT2D eigenvalue weighted by Gasteiger charge is -2.10. The molecule has 0 atom stereocenters. The fourth-order valence-corrected chi connectivity index (χ4v) is 1.88. The van der Waals surface area contributed by atoms with Gasteiger partial charge in [-0.15, -0.1) is 0 Å². The molecule has 0 aliphatic rings. The van der Waals surface area contributed by atoms with Gasteiger partial charge in [0.05, 0.1) is 13.2 Å². The Morgan fingerprint density at radius 1 is 1.47 bits per heavy atom. The molecule has 0 aliphatic carbocycles. The van der Waals surface area contributed by atoms with Gasteiger partial charge in [-0.25, -0.2) is 9.78 Å². The molecule has 19 heavy (non-hydrogen) atoms. The standard InChI is InChI=1S/C14H17N3O2/c1-3-19-14(18)13-16-6-7-17(13)9-11-8-10(2)4-5-12(11)15/h4-8H,3,9,15H2,1-2H3. The first-order chi connectivity index (χ1) is 9.11. The summed E-state index contributed by atoms with van der Waals surface area (Å²) in [4.78, 5) is 15.8. The minimum atomic E-state index is -0.418. The van der Waals surface area contributed by atoms with Gasteiger partial charge in [-0.3, -0.25) is 0 Å². The topological polar surface area (TPSA) is 70.1 Å². The van der Waals surface area contributed by atoms with Crippen LogP contribution >= 0.6 is 0 Å². The number of hydrogen-bond donors (Lipinski definition) is 1. The minimum absolute atomic E-state index is 0.294. The molecule has 2 rings (SSSR count). The van der Waals surface area contributed by atoms with Gasteiger partial charge in [-0.2, -0.15) is 0 Å². The molecular weight excluding hydrogens is 242 g/mol. The third-order valence-electron chi connectivity index (χ3n) is 2.81. The molecule has 0 unspecified atom stereocenters. The first kappa shape index (κ1) is 13.1. The van der Waals surface area contributed by atoms with Crippen LogP contribution in [0.25, 0.3) is 0 Å². The summed E-state index contributed by atoms with van der Waals surface area (Å²) in [6, 6.07) is 5.83. The lowest BCUT2D eigenvalue weighted by molar-refractivity contribution is 0.0507. The summed E-state index contributed by atoms with van der Waals surface area (Å²) in [6.07, 6.45) is 3.33. The van der Waals surface area contributed by atoms with E-state index in [0.717, 1.165) is 11.1 Å². The van der Waals surface area contributed by atoms with Crippen molar-refractivity contribution in [2.75, 3.05) is 12.3 Å². The van der Waals surface area contributed by atoms with Crippen LogP contribution in [0.15, 0.2) is 30.6 Å². The monoisotopic (exact) mass is 259 g/mol. The van der Waals surface area contributed by atoms with E-state index in [1.165, 1.54) is 0 Å². The van der Waals surface area contributed by atoms with Crippen molar-refractivity contribution in [3.05, 3.63) is 47.5 Å². The van der Waals surface area contributed by atoms with E-state index < -0.39 is 5.97 Å². The Morgan fingerprint density at radius 3 is 3.00 bits per heavy atom. The first-order valence-corrected chi connectivity index (χ1v) is 6.15. The van der Waals surface area contributed by atoms with Gasteiger partial charge in [0.2, 0.25) is 5.82 Å². The summed E-state index contributed by atoms with van der Waals surface area (Å²) in [6.45, 7) is 4.60. The van der Waals surface area contributed by atoms with Crippen LogP contribution in [0.3, 0.4) is 0 Å². The number of nitrogen functional groups attached to an aromatic ring is 1. The number of ether oxygens (including phenoxy) is 1. The highest BCUT2D eigenvalue weighted by Gasteiger charge is 2.14. The molecule has 0 spiro atoms. The van der Waals surface area contributed by atoms with Crippen molar-refractivity contribution in [3.63, 3.8) is 0 Å². The highest BCUT2D eigenvalue weighted by molar-refractivity contribution is 5.85. The fraction of sp³-hybridized carbons (Fsp3) is 0.286. The van der Waals surface area contributed by atoms with Crippen molar-refractivity contribution in [2.45, 2.75) is 20.4 Å². The second-order valence-corrected chi connectivity index (χ2v) is 4.30. The van der Waals surface area contributed by atoms with Crippen molar-refractivity contribution in [1.82, 2.24) is 9.55 Å². The number of benzene rings is 1. The second kappa shape index (κ2) is 5.56. The number of rotatable bonds is 4. The molecule has 5 heteroatoms. The number of carbonyl (C=O) groups is 1. The van der Waals surface area contributed by atoms with E-state index in [0.29, 0.717) is 24.7 Å². The van der Waals surface area contributed by atoms with Gasteiger partial charge in [0, 0.05) is 18.1 Å². The Bertz CT molecular complexity index is 590. The van der Waals surface area contributed by atoms with Crippen LogP contribution in [0.4, 0.5) is 5.69 Å². The average molecular weight is 259 g/mol. The third-order valence-corrected chi connectivity index (χ3v) is 2.81. The highest BCUT2D eigenvalue weighted by atomic mass is 16.5. The molecule has 0 fully saturated rings. The van der Waals surface area contributed by atoms with E-state index in [4.69, 9.17) is 10.5 Å². The second-order valence-electron chi connectivity index (χ2n) is 4.30. The summed E-state index contributed by atoms with van der Waals surface area (Å²) in [7, 11) is 0. The molecule has 2 N–H and O–H groups in total. The molecular formula is C14H17N3O2. The summed E-state index contributed by atoms with van der Waals surface area (Å²) < 4.78 is 6.70. The van der Waals surface area contributed by atoms with E-state index in [9.17, 15) is 4.79 Å². The minimum Gasteiger partial charge on any atom is -0.460 e. The van der Waals surface area contributed by atoms with E-state index in [1.54, 1.807) is 23.9 Å². The number of aryl methyl sites for hydroxylation is 1. The quantitative estimate of drug-likeness (QED) is 0.673. The number of nitrogens with two attached hydrogens (primary N) is 1. The number of imidazole rings is 1. The Kier molecular flexibility index (Phi) is 3.85. The lowest BCUT2D eigenvalue weighted by Crippen LogP contribution is -2.14. The van der Waals surface area contributed by atoms with Gasteiger partial charge in [0.15, 0.2) is 0 Å². The maximum absolute atomic E-state index is 11.7. The van der Waals surface area contributed by atoms with Crippen molar-refractivity contribution >= 4 is 11.7 Å². The molecule has 2 aromatic rings. The lowest BCUT2D eigenvalue weighted by atomic mass is 10.1. The Morgan fingerprint density at radius 2 is 2.26 bits per heavy atom. The van der Waals surface area contributed by atoms with Crippen molar-refractivity contribution in [3.8, 4) is 0 Å².